The molecule has 0 aromatic carbocycles. The number of aliphatic hydroxyl groups is 1. The zero-order valence-electron chi connectivity index (χ0n) is 9.02. The lowest BCUT2D eigenvalue weighted by Gasteiger charge is -2.37. The van der Waals surface area contributed by atoms with Crippen molar-refractivity contribution >= 4 is 0 Å². The summed E-state index contributed by atoms with van der Waals surface area (Å²) in [6.45, 7) is 3.43. The van der Waals surface area contributed by atoms with Gasteiger partial charge in [-0.15, -0.1) is 0 Å². The van der Waals surface area contributed by atoms with Gasteiger partial charge in [-0.05, 0) is 34.4 Å². The normalized spacial score (nSPS) is 16.1. The molecule has 0 radical (unpaired) electrons. The van der Waals surface area contributed by atoms with E-state index in [1.54, 1.807) is 32.8 Å². The minimum Gasteiger partial charge on any atom is -0.391 e. The molecular formula is C9H18F3NO. The summed E-state index contributed by atoms with van der Waals surface area (Å²) in [7, 11) is 3.47. The number of alkyl halides is 3. The fourth-order valence-corrected chi connectivity index (χ4v) is 0.952. The third kappa shape index (κ3) is 4.28. The van der Waals surface area contributed by atoms with Gasteiger partial charge in [-0.3, -0.25) is 0 Å². The van der Waals surface area contributed by atoms with Gasteiger partial charge < -0.3 is 10.0 Å². The van der Waals surface area contributed by atoms with Gasteiger partial charge in [0.2, 0.25) is 0 Å². The minimum absolute atomic E-state index is 0.255. The molecule has 0 aliphatic rings. The van der Waals surface area contributed by atoms with Gasteiger partial charge in [-0.2, -0.15) is 13.2 Å². The maximum Gasteiger partial charge on any atom is 0.389 e. The summed E-state index contributed by atoms with van der Waals surface area (Å²) in [6, 6.07) is 0. The molecule has 0 fully saturated rings. The van der Waals surface area contributed by atoms with E-state index in [-0.39, 0.29) is 6.42 Å². The summed E-state index contributed by atoms with van der Waals surface area (Å²) >= 11 is 0. The van der Waals surface area contributed by atoms with Gasteiger partial charge in [0.1, 0.15) is 0 Å². The van der Waals surface area contributed by atoms with Gasteiger partial charge >= 0.3 is 6.18 Å². The molecule has 1 atom stereocenters. The largest absolute Gasteiger partial charge is 0.391 e. The molecule has 0 aromatic rings. The Balaban J connectivity index is 4.15. The van der Waals surface area contributed by atoms with E-state index in [1.165, 1.54) is 0 Å². The Kier molecular flexibility index (Phi) is 4.39. The van der Waals surface area contributed by atoms with Crippen LogP contribution in [0.3, 0.4) is 0 Å². The highest BCUT2D eigenvalue weighted by Crippen LogP contribution is 2.26. The van der Waals surface area contributed by atoms with Crippen LogP contribution in [0.25, 0.3) is 0 Å². The predicted octanol–water partition coefficient (Wildman–Crippen LogP) is 2.03. The van der Waals surface area contributed by atoms with E-state index in [0.717, 1.165) is 0 Å². The zero-order valence-corrected chi connectivity index (χ0v) is 9.02. The summed E-state index contributed by atoms with van der Waals surface area (Å²) in [5, 5.41) is 9.57. The number of likely N-dealkylation sites (N-methyl/N-ethyl adjacent to an activating group) is 1. The number of aliphatic hydroxyl groups excluding tert-OH is 1. The molecule has 1 N–H and O–H groups in total. The summed E-state index contributed by atoms with van der Waals surface area (Å²) in [5.74, 6) is 0. The molecule has 0 amide bonds. The Labute approximate surface area is 82.7 Å². The highest BCUT2D eigenvalue weighted by molar-refractivity contribution is 4.85. The van der Waals surface area contributed by atoms with Crippen LogP contribution in [-0.4, -0.2) is 41.9 Å². The molecule has 0 aromatic heterocycles. The molecule has 0 aliphatic heterocycles. The van der Waals surface area contributed by atoms with Gasteiger partial charge in [-0.1, -0.05) is 0 Å². The van der Waals surface area contributed by atoms with Crippen molar-refractivity contribution in [3.05, 3.63) is 0 Å². The van der Waals surface area contributed by atoms with Gasteiger partial charge in [-0.25, -0.2) is 0 Å². The first-order chi connectivity index (χ1) is 6.07. The van der Waals surface area contributed by atoms with Crippen molar-refractivity contribution < 1.29 is 18.3 Å². The summed E-state index contributed by atoms with van der Waals surface area (Å²) in [6.07, 6.45) is -6.36. The second-order valence-corrected chi connectivity index (χ2v) is 4.22. The van der Waals surface area contributed by atoms with Crippen molar-refractivity contribution in [3.8, 4) is 0 Å². The maximum absolute atomic E-state index is 11.9. The Bertz CT molecular complexity index is 177. The molecule has 0 spiro atoms. The van der Waals surface area contributed by atoms with E-state index < -0.39 is 24.2 Å². The Hall–Kier alpha value is -0.290. The van der Waals surface area contributed by atoms with Crippen molar-refractivity contribution in [1.29, 1.82) is 0 Å². The predicted molar refractivity (Wildman–Crippen MR) is 49.1 cm³/mol. The maximum atomic E-state index is 11.9. The zero-order chi connectivity index (χ0) is 11.6. The Morgan fingerprint density at radius 1 is 1.21 bits per heavy atom. The number of rotatable bonds is 4. The molecule has 0 bridgehead atoms. The van der Waals surface area contributed by atoms with E-state index in [9.17, 15) is 18.3 Å². The van der Waals surface area contributed by atoms with Crippen LogP contribution in [0.1, 0.15) is 26.7 Å². The number of nitrogens with zero attached hydrogens (tertiary/aromatic N) is 1. The number of hydrogen-bond acceptors (Lipinski definition) is 2. The average Bonchev–Trinajstić information content (AvgIpc) is 1.98. The first-order valence-corrected chi connectivity index (χ1v) is 4.49. The molecule has 86 valence electrons. The molecule has 1 unspecified atom stereocenters. The summed E-state index contributed by atoms with van der Waals surface area (Å²) in [5.41, 5.74) is -0.634. The number of hydrogen-bond donors (Lipinski definition) is 1. The summed E-state index contributed by atoms with van der Waals surface area (Å²) in [4.78, 5) is 1.72. The standard InChI is InChI=1S/C9H18F3NO/c1-8(2,13(3)4)7(14)5-6-9(10,11)12/h7,14H,5-6H2,1-4H3. The first kappa shape index (κ1) is 13.7. The molecular weight excluding hydrogens is 195 g/mol. The van der Waals surface area contributed by atoms with E-state index >= 15 is 0 Å². The van der Waals surface area contributed by atoms with Crippen LogP contribution >= 0.6 is 0 Å². The van der Waals surface area contributed by atoms with E-state index in [2.05, 4.69) is 0 Å². The minimum atomic E-state index is -4.19. The molecule has 0 saturated heterocycles. The Morgan fingerprint density at radius 2 is 1.64 bits per heavy atom. The third-order valence-electron chi connectivity index (χ3n) is 2.67. The van der Waals surface area contributed by atoms with Crippen molar-refractivity contribution in [2.24, 2.45) is 0 Å². The van der Waals surface area contributed by atoms with Gasteiger partial charge in [0.25, 0.3) is 0 Å². The second-order valence-electron chi connectivity index (χ2n) is 4.22. The quantitative estimate of drug-likeness (QED) is 0.772. The van der Waals surface area contributed by atoms with Crippen molar-refractivity contribution in [2.75, 3.05) is 14.1 Å². The van der Waals surface area contributed by atoms with Crippen LogP contribution in [0.15, 0.2) is 0 Å². The van der Waals surface area contributed by atoms with Gasteiger partial charge in [0.05, 0.1) is 6.10 Å². The molecule has 14 heavy (non-hydrogen) atoms. The van der Waals surface area contributed by atoms with Gasteiger partial charge in [0.15, 0.2) is 0 Å². The lowest BCUT2D eigenvalue weighted by atomic mass is 9.92. The van der Waals surface area contributed by atoms with Crippen molar-refractivity contribution in [3.63, 3.8) is 0 Å². The van der Waals surface area contributed by atoms with Crippen LogP contribution in [-0.2, 0) is 0 Å². The topological polar surface area (TPSA) is 23.5 Å². The van der Waals surface area contributed by atoms with E-state index in [0.29, 0.717) is 0 Å². The second kappa shape index (κ2) is 4.49. The Morgan fingerprint density at radius 3 is 1.93 bits per heavy atom. The molecule has 0 saturated carbocycles. The molecule has 2 nitrogen and oxygen atoms in total. The van der Waals surface area contributed by atoms with Crippen molar-refractivity contribution in [2.45, 2.75) is 44.5 Å². The molecule has 0 aliphatic carbocycles. The fourth-order valence-electron chi connectivity index (χ4n) is 0.952. The lowest BCUT2D eigenvalue weighted by Crippen LogP contribution is -2.48. The fraction of sp³-hybridized carbons (Fsp3) is 1.00. The molecule has 0 heterocycles. The van der Waals surface area contributed by atoms with Crippen molar-refractivity contribution in [1.82, 2.24) is 4.90 Å². The summed E-state index contributed by atoms with van der Waals surface area (Å²) < 4.78 is 35.6. The van der Waals surface area contributed by atoms with E-state index in [4.69, 9.17) is 0 Å². The molecule has 5 heteroatoms. The van der Waals surface area contributed by atoms with Crippen LogP contribution in [0.4, 0.5) is 13.2 Å². The van der Waals surface area contributed by atoms with E-state index in [1.807, 2.05) is 0 Å². The first-order valence-electron chi connectivity index (χ1n) is 4.49. The lowest BCUT2D eigenvalue weighted by molar-refractivity contribution is -0.144. The number of halogens is 3. The van der Waals surface area contributed by atoms with Crippen LogP contribution in [0, 0.1) is 0 Å². The third-order valence-corrected chi connectivity index (χ3v) is 2.67. The average molecular weight is 213 g/mol. The monoisotopic (exact) mass is 213 g/mol. The smallest absolute Gasteiger partial charge is 0.389 e. The highest BCUT2D eigenvalue weighted by Gasteiger charge is 2.34. The van der Waals surface area contributed by atoms with Crippen LogP contribution in [0.5, 0.6) is 0 Å². The van der Waals surface area contributed by atoms with Crippen LogP contribution in [0.2, 0.25) is 0 Å². The van der Waals surface area contributed by atoms with Crippen LogP contribution < -0.4 is 0 Å². The van der Waals surface area contributed by atoms with Gasteiger partial charge in [0, 0.05) is 12.0 Å². The molecule has 0 rings (SSSR count). The SMILES string of the molecule is CN(C)C(C)(C)C(O)CCC(F)(F)F. The highest BCUT2D eigenvalue weighted by atomic mass is 19.4.